The van der Waals surface area contributed by atoms with Crippen molar-refractivity contribution in [2.45, 2.75) is 52.6 Å². The zero-order valence-electron chi connectivity index (χ0n) is 13.2. The van der Waals surface area contributed by atoms with Gasteiger partial charge in [-0.25, -0.2) is 0 Å². The van der Waals surface area contributed by atoms with Crippen LogP contribution in [-0.4, -0.2) is 17.6 Å². The van der Waals surface area contributed by atoms with Gasteiger partial charge in [0.05, 0.1) is 11.6 Å². The van der Waals surface area contributed by atoms with Crippen molar-refractivity contribution >= 4 is 16.6 Å². The predicted molar refractivity (Wildman–Crippen MR) is 88.3 cm³/mol. The van der Waals surface area contributed by atoms with Crippen LogP contribution >= 0.6 is 0 Å². The van der Waals surface area contributed by atoms with E-state index < -0.39 is 0 Å². The lowest BCUT2D eigenvalue weighted by Gasteiger charge is -2.22. The number of hydrogen-bond donors (Lipinski definition) is 1. The van der Waals surface area contributed by atoms with Gasteiger partial charge in [0.2, 0.25) is 0 Å². The molecule has 0 saturated heterocycles. The van der Waals surface area contributed by atoms with Gasteiger partial charge in [-0.05, 0) is 70.2 Å². The molecule has 3 heteroatoms. The highest BCUT2D eigenvalue weighted by molar-refractivity contribution is 5.94. The molecule has 0 unspecified atom stereocenters. The summed E-state index contributed by atoms with van der Waals surface area (Å²) < 4.78 is 5.84. The summed E-state index contributed by atoms with van der Waals surface area (Å²) in [6.45, 7) is 7.19. The van der Waals surface area contributed by atoms with Crippen molar-refractivity contribution in [3.63, 3.8) is 0 Å². The van der Waals surface area contributed by atoms with Crippen molar-refractivity contribution in [1.82, 2.24) is 4.98 Å². The van der Waals surface area contributed by atoms with Gasteiger partial charge in [0.25, 0.3) is 0 Å². The maximum atomic E-state index is 5.84. The second-order valence-corrected chi connectivity index (χ2v) is 6.00. The van der Waals surface area contributed by atoms with Crippen LogP contribution in [0.4, 0.5) is 5.69 Å². The van der Waals surface area contributed by atoms with E-state index in [0.717, 1.165) is 30.7 Å². The fraction of sp³-hybridized carbons (Fsp3) is 0.500. The van der Waals surface area contributed by atoms with Crippen molar-refractivity contribution in [2.75, 3.05) is 11.9 Å². The van der Waals surface area contributed by atoms with Gasteiger partial charge >= 0.3 is 0 Å². The van der Waals surface area contributed by atoms with E-state index in [1.807, 2.05) is 6.07 Å². The third-order valence-electron chi connectivity index (χ3n) is 3.96. The maximum Gasteiger partial charge on any atom is 0.120 e. The molecule has 0 aliphatic heterocycles. The molecule has 112 valence electrons. The van der Waals surface area contributed by atoms with Crippen molar-refractivity contribution in [1.29, 1.82) is 0 Å². The number of nitrogens with zero attached hydrogens (tertiary/aromatic N) is 1. The molecule has 0 bridgehead atoms. The molecule has 3 nitrogen and oxygen atoms in total. The summed E-state index contributed by atoms with van der Waals surface area (Å²) in [5, 5.41) is 4.75. The first-order valence-electron chi connectivity index (χ1n) is 8.05. The normalized spacial score (nSPS) is 14.3. The highest BCUT2D eigenvalue weighted by Crippen LogP contribution is 2.35. The predicted octanol–water partition coefficient (Wildman–Crippen LogP) is 4.33. The van der Waals surface area contributed by atoms with Crippen molar-refractivity contribution in [3.05, 3.63) is 29.5 Å². The van der Waals surface area contributed by atoms with Crippen LogP contribution in [0, 0.1) is 0 Å². The Balaban J connectivity index is 2.16. The molecule has 1 aromatic carbocycles. The smallest absolute Gasteiger partial charge is 0.120 e. The van der Waals surface area contributed by atoms with Crippen LogP contribution in [-0.2, 0) is 12.8 Å². The number of anilines is 1. The van der Waals surface area contributed by atoms with Gasteiger partial charge in [0.15, 0.2) is 0 Å². The lowest BCUT2D eigenvalue weighted by atomic mass is 9.92. The minimum Gasteiger partial charge on any atom is -0.491 e. The van der Waals surface area contributed by atoms with Gasteiger partial charge in [-0.15, -0.1) is 0 Å². The molecule has 0 fully saturated rings. The monoisotopic (exact) mass is 284 g/mol. The van der Waals surface area contributed by atoms with Crippen LogP contribution in [0.2, 0.25) is 0 Å². The van der Waals surface area contributed by atoms with Crippen LogP contribution in [0.5, 0.6) is 5.75 Å². The van der Waals surface area contributed by atoms with E-state index in [1.165, 1.54) is 35.2 Å². The third kappa shape index (κ3) is 2.82. The van der Waals surface area contributed by atoms with E-state index in [2.05, 4.69) is 38.2 Å². The summed E-state index contributed by atoms with van der Waals surface area (Å²) in [6.07, 6.45) is 4.95. The Hall–Kier alpha value is -1.77. The highest BCUT2D eigenvalue weighted by atomic mass is 16.5. The Morgan fingerprint density at radius 1 is 1.24 bits per heavy atom. The number of rotatable bonds is 4. The summed E-state index contributed by atoms with van der Waals surface area (Å²) in [5.74, 6) is 0.925. The first-order chi connectivity index (χ1) is 10.2. The summed E-state index contributed by atoms with van der Waals surface area (Å²) >= 11 is 0. The summed E-state index contributed by atoms with van der Waals surface area (Å²) in [4.78, 5) is 4.88. The lowest BCUT2D eigenvalue weighted by molar-refractivity contribution is 0.243. The quantitative estimate of drug-likeness (QED) is 0.907. The fourth-order valence-electron chi connectivity index (χ4n) is 3.13. The Morgan fingerprint density at radius 3 is 2.81 bits per heavy atom. The summed E-state index contributed by atoms with van der Waals surface area (Å²) in [7, 11) is 0. The maximum absolute atomic E-state index is 5.84. The zero-order valence-corrected chi connectivity index (χ0v) is 13.2. The molecule has 0 saturated carbocycles. The summed E-state index contributed by atoms with van der Waals surface area (Å²) in [6, 6.07) is 6.25. The molecule has 0 atom stereocenters. The Kier molecular flexibility index (Phi) is 4.00. The number of hydrogen-bond acceptors (Lipinski definition) is 3. The van der Waals surface area contributed by atoms with Crippen molar-refractivity contribution in [2.24, 2.45) is 0 Å². The van der Waals surface area contributed by atoms with Crippen LogP contribution in [0.3, 0.4) is 0 Å². The molecule has 1 N–H and O–H groups in total. The molecule has 1 aromatic heterocycles. The van der Waals surface area contributed by atoms with E-state index in [1.54, 1.807) is 0 Å². The van der Waals surface area contributed by atoms with Crippen LogP contribution in [0.15, 0.2) is 18.2 Å². The molecule has 1 heterocycles. The number of benzene rings is 1. The number of ether oxygens (including phenoxy) is 1. The minimum absolute atomic E-state index is 0.190. The van der Waals surface area contributed by atoms with Gasteiger partial charge < -0.3 is 10.1 Å². The van der Waals surface area contributed by atoms with Crippen molar-refractivity contribution < 1.29 is 4.74 Å². The molecular formula is C18H24N2O. The van der Waals surface area contributed by atoms with Crippen LogP contribution in [0.25, 0.3) is 10.9 Å². The molecule has 3 rings (SSSR count). The number of aryl methyl sites for hydroxylation is 1. The van der Waals surface area contributed by atoms with Crippen molar-refractivity contribution in [3.8, 4) is 5.75 Å². The number of nitrogens with one attached hydrogen (secondary N) is 1. The Bertz CT molecular complexity index is 649. The molecule has 1 aliphatic rings. The van der Waals surface area contributed by atoms with E-state index in [9.17, 15) is 0 Å². The molecule has 0 amide bonds. The van der Waals surface area contributed by atoms with E-state index >= 15 is 0 Å². The number of aromatic nitrogens is 1. The first-order valence-corrected chi connectivity index (χ1v) is 8.05. The average Bonchev–Trinajstić information content (AvgIpc) is 2.47. The van der Waals surface area contributed by atoms with Gasteiger partial charge in [-0.3, -0.25) is 4.98 Å². The molecule has 2 aromatic rings. The second kappa shape index (κ2) is 5.92. The van der Waals surface area contributed by atoms with E-state index in [0.29, 0.717) is 0 Å². The van der Waals surface area contributed by atoms with E-state index in [4.69, 9.17) is 9.72 Å². The SMILES string of the molecule is CCNc1c2c(nc3ccc(OC(C)C)cc13)CCCC2. The lowest BCUT2D eigenvalue weighted by Crippen LogP contribution is -2.11. The van der Waals surface area contributed by atoms with Gasteiger partial charge in [0, 0.05) is 23.3 Å². The second-order valence-electron chi connectivity index (χ2n) is 6.00. The highest BCUT2D eigenvalue weighted by Gasteiger charge is 2.18. The van der Waals surface area contributed by atoms with Gasteiger partial charge in [0.1, 0.15) is 5.75 Å². The first kappa shape index (κ1) is 14.2. The zero-order chi connectivity index (χ0) is 14.8. The fourth-order valence-corrected chi connectivity index (χ4v) is 3.13. The number of fused-ring (bicyclic) bond motifs is 2. The Morgan fingerprint density at radius 2 is 2.05 bits per heavy atom. The van der Waals surface area contributed by atoms with Gasteiger partial charge in [-0.1, -0.05) is 0 Å². The molecular weight excluding hydrogens is 260 g/mol. The molecule has 0 radical (unpaired) electrons. The summed E-state index contributed by atoms with van der Waals surface area (Å²) in [5.41, 5.74) is 5.04. The third-order valence-corrected chi connectivity index (χ3v) is 3.96. The van der Waals surface area contributed by atoms with E-state index in [-0.39, 0.29) is 6.10 Å². The van der Waals surface area contributed by atoms with Crippen LogP contribution in [0.1, 0.15) is 44.9 Å². The average molecular weight is 284 g/mol. The molecule has 21 heavy (non-hydrogen) atoms. The number of pyridine rings is 1. The largest absolute Gasteiger partial charge is 0.491 e. The molecule has 1 aliphatic carbocycles. The Labute approximate surface area is 126 Å². The molecule has 0 spiro atoms. The van der Waals surface area contributed by atoms with Crippen LogP contribution < -0.4 is 10.1 Å². The van der Waals surface area contributed by atoms with Gasteiger partial charge in [-0.2, -0.15) is 0 Å². The standard InChI is InChI=1S/C18H24N2O/c1-4-19-18-14-7-5-6-8-16(14)20-17-10-9-13(11-15(17)18)21-12(2)3/h9-12H,4-8H2,1-3H3,(H,19,20). The topological polar surface area (TPSA) is 34.2 Å². The minimum atomic E-state index is 0.190.